The van der Waals surface area contributed by atoms with Gasteiger partial charge in [-0.1, -0.05) is 171 Å². The lowest BCUT2D eigenvalue weighted by molar-refractivity contribution is 0.373. The average Bonchev–Trinajstić information content (AvgIpc) is 4.26. The van der Waals surface area contributed by atoms with Crippen LogP contribution in [0.2, 0.25) is 0 Å². The quantitative estimate of drug-likeness (QED) is 0.128. The lowest BCUT2D eigenvalue weighted by Crippen LogP contribution is -2.18. The predicted octanol–water partition coefficient (Wildman–Crippen LogP) is 18.6. The Balaban J connectivity index is 0.000000430. The number of hydrogen-bond acceptors (Lipinski definition) is 8. The van der Waals surface area contributed by atoms with Crippen molar-refractivity contribution in [3.63, 3.8) is 0 Å². The highest BCUT2D eigenvalue weighted by molar-refractivity contribution is 7.08. The van der Waals surface area contributed by atoms with Gasteiger partial charge >= 0.3 is 0 Å². The molecule has 8 nitrogen and oxygen atoms in total. The van der Waals surface area contributed by atoms with Gasteiger partial charge in [0.15, 0.2) is 0 Å². The minimum atomic E-state index is 0.577. The Hall–Kier alpha value is -5.55. The Bertz CT molecular complexity index is 2360. The maximum Gasteiger partial charge on any atom is 0.0536 e. The number of nitrogens with zero attached hydrogens (tertiary/aromatic N) is 8. The molecule has 6 heterocycles. The van der Waals surface area contributed by atoms with E-state index < -0.39 is 0 Å². The van der Waals surface area contributed by atoms with Crippen LogP contribution in [0.1, 0.15) is 208 Å². The smallest absolute Gasteiger partial charge is 0.0536 e. The van der Waals surface area contributed by atoms with E-state index in [0.29, 0.717) is 47.3 Å². The molecule has 0 saturated heterocycles. The summed E-state index contributed by atoms with van der Waals surface area (Å²) >= 11 is 3.29. The van der Waals surface area contributed by atoms with Crippen LogP contribution in [0.4, 0.5) is 0 Å². The molecule has 0 unspecified atom stereocenters. The fourth-order valence-corrected chi connectivity index (χ4v) is 8.00. The molecule has 0 spiro atoms. The lowest BCUT2D eigenvalue weighted by atomic mass is 9.99. The van der Waals surface area contributed by atoms with Crippen LogP contribution >= 0.6 is 22.9 Å². The summed E-state index contributed by atoms with van der Waals surface area (Å²) in [5, 5.41) is 14.8. The fourth-order valence-electron chi connectivity index (χ4n) is 6.48. The zero-order valence-corrected chi connectivity index (χ0v) is 51.6. The summed E-state index contributed by atoms with van der Waals surface area (Å²) in [6.45, 7) is 39.2. The van der Waals surface area contributed by atoms with Gasteiger partial charge < -0.3 is 4.90 Å². The van der Waals surface area contributed by atoms with Crippen molar-refractivity contribution in [1.29, 1.82) is 0 Å². The number of rotatable bonds is 11. The Morgan fingerprint density at radius 2 is 0.973 bits per heavy atom. The summed E-state index contributed by atoms with van der Waals surface area (Å²) in [4.78, 5) is 10.1. The molecular weight excluding hydrogens is 957 g/mol. The standard InChI is InChI=1S/C10H19N3.C10H14.C9H12.2C8H11N.C7H12N2.C7H10S.C6H9NS/c1-9(2)10-7-11-13(8-10)6-5-12(3)4;1-8(2)10-7-5-4-6-9(10)3;1-8(2)9-6-4-3-5-7-9;1-7(2)8-3-5-9-6-4-8;1-7(2)8-4-3-5-9-6-8;1-6(2)7-4-8-9(3)5-7;1-6(2)7-3-4-8-5-7;1-5(2)6-3-7-8-4-6/h7-9H,5-6H2,1-4H3;4-8H,1-3H3;3-8H,1-2H3;2*3-7H,1-2H3;4-6H,1-3H3;3-6H,1-2H3;3-5H,1-2H3. The fraction of sp³-hybridized carbons (Fsp3) is 0.462. The molecule has 10 heteroatoms. The summed E-state index contributed by atoms with van der Waals surface area (Å²) < 4.78 is 7.82. The van der Waals surface area contributed by atoms with Gasteiger partial charge in [-0.2, -0.15) is 21.5 Å². The third-order valence-electron chi connectivity index (χ3n) is 11.8. The monoisotopic (exact) mass is 1050 g/mol. The summed E-state index contributed by atoms with van der Waals surface area (Å²) in [5.74, 6) is 5.03. The second-order valence-electron chi connectivity index (χ2n) is 21.4. The van der Waals surface area contributed by atoms with Crippen molar-refractivity contribution in [2.24, 2.45) is 7.05 Å². The molecule has 75 heavy (non-hydrogen) atoms. The molecule has 0 fully saturated rings. The van der Waals surface area contributed by atoms with E-state index in [2.05, 4.69) is 244 Å². The number of benzene rings is 2. The van der Waals surface area contributed by atoms with E-state index in [0.717, 1.165) is 13.1 Å². The SMILES string of the molecule is CC(C)c1ccccc1.CC(C)c1cccnc1.CC(C)c1ccncc1.CC(C)c1ccsc1.CC(C)c1cnn(C)c1.CC(C)c1cnn(CCN(C)C)c1.CC(C)c1cnsc1.Cc1ccccc1C(C)C. The summed E-state index contributed by atoms with van der Waals surface area (Å²) in [6, 6.07) is 29.4. The first-order chi connectivity index (χ1) is 35.5. The topological polar surface area (TPSA) is 77.5 Å². The third-order valence-corrected chi connectivity index (χ3v) is 13.1. The van der Waals surface area contributed by atoms with Crippen LogP contribution in [0.5, 0.6) is 0 Å². The van der Waals surface area contributed by atoms with Gasteiger partial charge in [-0.05, 0) is 165 Å². The highest BCUT2D eigenvalue weighted by atomic mass is 32.1. The first-order valence-electron chi connectivity index (χ1n) is 27.0. The molecule has 6 aromatic heterocycles. The van der Waals surface area contributed by atoms with E-state index in [1.807, 2.05) is 84.1 Å². The van der Waals surface area contributed by atoms with Crippen molar-refractivity contribution in [3.05, 3.63) is 207 Å². The van der Waals surface area contributed by atoms with Gasteiger partial charge in [0.1, 0.15) is 0 Å². The van der Waals surface area contributed by atoms with E-state index in [1.165, 1.54) is 61.6 Å². The number of aromatic nitrogens is 7. The molecule has 8 rings (SSSR count). The number of hydrogen-bond donors (Lipinski definition) is 0. The van der Waals surface area contributed by atoms with E-state index >= 15 is 0 Å². The number of thiophene rings is 1. The van der Waals surface area contributed by atoms with Crippen LogP contribution < -0.4 is 0 Å². The lowest BCUT2D eigenvalue weighted by Gasteiger charge is -2.08. The van der Waals surface area contributed by atoms with Crippen LogP contribution in [0.3, 0.4) is 0 Å². The molecular formula is C65H98N8S2. The molecule has 0 aliphatic carbocycles. The van der Waals surface area contributed by atoms with E-state index in [9.17, 15) is 0 Å². The number of pyridine rings is 2. The van der Waals surface area contributed by atoms with Crippen molar-refractivity contribution < 1.29 is 0 Å². The molecule has 0 atom stereocenters. The largest absolute Gasteiger partial charge is 0.308 e. The van der Waals surface area contributed by atoms with Gasteiger partial charge in [0.25, 0.3) is 0 Å². The zero-order valence-electron chi connectivity index (χ0n) is 49.9. The van der Waals surface area contributed by atoms with Gasteiger partial charge in [-0.3, -0.25) is 19.3 Å². The van der Waals surface area contributed by atoms with Crippen LogP contribution in [0.15, 0.2) is 157 Å². The predicted molar refractivity (Wildman–Crippen MR) is 329 cm³/mol. The average molecular weight is 1060 g/mol. The Morgan fingerprint density at radius 3 is 1.31 bits per heavy atom. The minimum Gasteiger partial charge on any atom is -0.308 e. The minimum absolute atomic E-state index is 0.577. The van der Waals surface area contributed by atoms with Crippen molar-refractivity contribution in [3.8, 4) is 0 Å². The van der Waals surface area contributed by atoms with Gasteiger partial charge in [-0.15, -0.1) is 0 Å². The Kier molecular flexibility index (Phi) is 35.0. The Morgan fingerprint density at radius 1 is 0.453 bits per heavy atom. The highest BCUT2D eigenvalue weighted by Crippen LogP contribution is 2.19. The molecule has 0 N–H and O–H groups in total. The van der Waals surface area contributed by atoms with Gasteiger partial charge in [0.2, 0.25) is 0 Å². The van der Waals surface area contributed by atoms with E-state index in [4.69, 9.17) is 0 Å². The normalized spacial score (nSPS) is 10.5. The molecule has 0 aliphatic rings. The van der Waals surface area contributed by atoms with Crippen LogP contribution in [0, 0.1) is 6.92 Å². The molecule has 0 aliphatic heterocycles. The molecule has 0 saturated carbocycles. The number of likely N-dealkylation sites (N-methyl/N-ethyl adjacent to an activating group) is 1. The maximum absolute atomic E-state index is 4.30. The highest BCUT2D eigenvalue weighted by Gasteiger charge is 2.04. The maximum atomic E-state index is 4.30. The first kappa shape index (κ1) is 67.5. The molecule has 410 valence electrons. The van der Waals surface area contributed by atoms with Crippen molar-refractivity contribution in [1.82, 2.24) is 38.8 Å². The third kappa shape index (κ3) is 31.2. The van der Waals surface area contributed by atoms with Crippen LogP contribution in [-0.2, 0) is 13.6 Å². The summed E-state index contributed by atoms with van der Waals surface area (Å²) in [6.07, 6.45) is 17.3. The Labute approximate surface area is 465 Å². The molecule has 0 amide bonds. The summed E-state index contributed by atoms with van der Waals surface area (Å²) in [7, 11) is 6.09. The van der Waals surface area contributed by atoms with Crippen molar-refractivity contribution in [2.75, 3.05) is 20.6 Å². The van der Waals surface area contributed by atoms with E-state index in [1.54, 1.807) is 17.5 Å². The van der Waals surface area contributed by atoms with E-state index in [-0.39, 0.29) is 0 Å². The van der Waals surface area contributed by atoms with Gasteiger partial charge in [0, 0.05) is 62.4 Å². The zero-order chi connectivity index (χ0) is 56.3. The molecule has 0 bridgehead atoms. The molecule has 0 radical (unpaired) electrons. The molecule has 8 aromatic rings. The summed E-state index contributed by atoms with van der Waals surface area (Å²) in [5.41, 5.74) is 12.3. The first-order valence-corrected chi connectivity index (χ1v) is 28.8. The van der Waals surface area contributed by atoms with Crippen molar-refractivity contribution >= 4 is 22.9 Å². The second-order valence-corrected chi connectivity index (χ2v) is 22.8. The molecule has 2 aromatic carbocycles. The second kappa shape index (κ2) is 38.9. The number of aryl methyl sites for hydroxylation is 2. The van der Waals surface area contributed by atoms with Gasteiger partial charge in [0.05, 0.1) is 18.9 Å². The van der Waals surface area contributed by atoms with Crippen LogP contribution in [-0.4, -0.2) is 59.4 Å². The van der Waals surface area contributed by atoms with Crippen molar-refractivity contribution in [2.45, 2.75) is 172 Å². The van der Waals surface area contributed by atoms with Crippen LogP contribution in [0.25, 0.3) is 0 Å². The van der Waals surface area contributed by atoms with Gasteiger partial charge in [-0.25, -0.2) is 4.37 Å².